The summed E-state index contributed by atoms with van der Waals surface area (Å²) in [7, 11) is 1.61. The van der Waals surface area contributed by atoms with Gasteiger partial charge in [0.1, 0.15) is 18.1 Å². The van der Waals surface area contributed by atoms with E-state index in [0.29, 0.717) is 25.7 Å². The van der Waals surface area contributed by atoms with Crippen LogP contribution in [0.1, 0.15) is 30.1 Å². The number of halogens is 3. The van der Waals surface area contributed by atoms with Gasteiger partial charge in [-0.3, -0.25) is 4.98 Å². The van der Waals surface area contributed by atoms with Crippen molar-refractivity contribution in [3.05, 3.63) is 65.9 Å². The molecule has 0 saturated carbocycles. The number of hydrogen-bond donors (Lipinski definition) is 2. The van der Waals surface area contributed by atoms with Crippen LogP contribution >= 0.6 is 0 Å². The van der Waals surface area contributed by atoms with Gasteiger partial charge in [-0.05, 0) is 74.0 Å². The first-order valence-electron chi connectivity index (χ1n) is 11.7. The van der Waals surface area contributed by atoms with Gasteiger partial charge in [0.25, 0.3) is 0 Å². The summed E-state index contributed by atoms with van der Waals surface area (Å²) in [5.41, 5.74) is 0.940. The number of pyridine rings is 1. The molecule has 4 rings (SSSR count). The SMILES string of the molecule is COc1ccc2nccc([C@@H](O)CN3CCC(NCCOc4cccc(C(F)(F)F)c4)CC3)c2c1. The number of fused-ring (bicyclic) bond motifs is 1. The minimum Gasteiger partial charge on any atom is -0.497 e. The molecule has 0 bridgehead atoms. The van der Waals surface area contributed by atoms with E-state index in [2.05, 4.69) is 15.2 Å². The van der Waals surface area contributed by atoms with Crippen LogP contribution in [0.2, 0.25) is 0 Å². The van der Waals surface area contributed by atoms with E-state index >= 15 is 0 Å². The summed E-state index contributed by atoms with van der Waals surface area (Å²) in [4.78, 5) is 6.62. The van der Waals surface area contributed by atoms with Crippen molar-refractivity contribution in [1.82, 2.24) is 15.2 Å². The van der Waals surface area contributed by atoms with E-state index in [1.165, 1.54) is 12.1 Å². The van der Waals surface area contributed by atoms with Crippen molar-refractivity contribution in [2.24, 2.45) is 0 Å². The number of nitrogens with zero attached hydrogens (tertiary/aromatic N) is 2. The lowest BCUT2D eigenvalue weighted by Crippen LogP contribution is -2.44. The molecule has 1 atom stereocenters. The van der Waals surface area contributed by atoms with Gasteiger partial charge in [-0.25, -0.2) is 0 Å². The van der Waals surface area contributed by atoms with Crippen LogP contribution in [-0.2, 0) is 6.18 Å². The molecule has 188 valence electrons. The highest BCUT2D eigenvalue weighted by Crippen LogP contribution is 2.31. The van der Waals surface area contributed by atoms with Gasteiger partial charge in [0.15, 0.2) is 0 Å². The fourth-order valence-corrected chi connectivity index (χ4v) is 4.42. The fourth-order valence-electron chi connectivity index (χ4n) is 4.42. The third-order valence-electron chi connectivity index (χ3n) is 6.33. The van der Waals surface area contributed by atoms with E-state index in [-0.39, 0.29) is 5.75 Å². The Kier molecular flexibility index (Phi) is 8.10. The Labute approximate surface area is 202 Å². The van der Waals surface area contributed by atoms with Gasteiger partial charge in [0.05, 0.1) is 24.3 Å². The van der Waals surface area contributed by atoms with Crippen LogP contribution in [0.5, 0.6) is 11.5 Å². The van der Waals surface area contributed by atoms with Crippen molar-refractivity contribution < 1.29 is 27.8 Å². The molecule has 2 aromatic carbocycles. The Hall–Kier alpha value is -2.88. The van der Waals surface area contributed by atoms with Gasteiger partial charge in [0.2, 0.25) is 0 Å². The van der Waals surface area contributed by atoms with E-state index < -0.39 is 17.8 Å². The highest BCUT2D eigenvalue weighted by Gasteiger charge is 2.30. The largest absolute Gasteiger partial charge is 0.497 e. The highest BCUT2D eigenvalue weighted by molar-refractivity contribution is 5.83. The molecule has 1 saturated heterocycles. The van der Waals surface area contributed by atoms with Crippen molar-refractivity contribution in [3.8, 4) is 11.5 Å². The zero-order valence-electron chi connectivity index (χ0n) is 19.6. The number of methoxy groups -OCH3 is 1. The molecule has 2 N–H and O–H groups in total. The Balaban J connectivity index is 1.21. The summed E-state index contributed by atoms with van der Waals surface area (Å²) in [5, 5.41) is 15.2. The van der Waals surface area contributed by atoms with E-state index in [1.807, 2.05) is 24.3 Å². The molecule has 9 heteroatoms. The standard InChI is InChI=1S/C26H30F3N3O3/c1-34-20-5-6-24-23(16-20)22(7-10-31-24)25(33)17-32-12-8-19(9-13-32)30-11-14-35-21-4-2-3-18(15-21)26(27,28)29/h2-7,10,15-16,19,25,30,33H,8-9,11-14,17H2,1H3/t25-/m0/s1. The summed E-state index contributed by atoms with van der Waals surface area (Å²) >= 11 is 0. The van der Waals surface area contributed by atoms with Crippen LogP contribution in [0, 0.1) is 0 Å². The van der Waals surface area contributed by atoms with Crippen LogP contribution < -0.4 is 14.8 Å². The predicted octanol–water partition coefficient (Wildman–Crippen LogP) is 4.43. The second-order valence-corrected chi connectivity index (χ2v) is 8.70. The number of rotatable bonds is 9. The van der Waals surface area contributed by atoms with Gasteiger partial charge in [0, 0.05) is 30.7 Å². The Morgan fingerprint density at radius 1 is 1.11 bits per heavy atom. The molecule has 3 aromatic rings. The molecule has 2 heterocycles. The predicted molar refractivity (Wildman–Crippen MR) is 128 cm³/mol. The molecule has 1 aliphatic rings. The molecule has 0 unspecified atom stereocenters. The number of benzene rings is 2. The normalized spacial score (nSPS) is 16.4. The van der Waals surface area contributed by atoms with E-state index in [4.69, 9.17) is 9.47 Å². The Morgan fingerprint density at radius 2 is 1.91 bits per heavy atom. The van der Waals surface area contributed by atoms with Gasteiger partial charge in [-0.15, -0.1) is 0 Å². The lowest BCUT2D eigenvalue weighted by Gasteiger charge is -2.33. The maximum absolute atomic E-state index is 12.8. The molecule has 6 nitrogen and oxygen atoms in total. The van der Waals surface area contributed by atoms with Crippen molar-refractivity contribution in [2.45, 2.75) is 31.2 Å². The van der Waals surface area contributed by atoms with Gasteiger partial charge in [-0.1, -0.05) is 6.07 Å². The molecular weight excluding hydrogens is 459 g/mol. The first kappa shape index (κ1) is 25.2. The average Bonchev–Trinajstić information content (AvgIpc) is 2.86. The summed E-state index contributed by atoms with van der Waals surface area (Å²) in [6.07, 6.45) is -1.47. The number of nitrogens with one attached hydrogen (secondary N) is 1. The second kappa shape index (κ2) is 11.2. The van der Waals surface area contributed by atoms with Crippen molar-refractivity contribution in [3.63, 3.8) is 0 Å². The number of alkyl halides is 3. The lowest BCUT2D eigenvalue weighted by atomic mass is 10.0. The van der Waals surface area contributed by atoms with Crippen LogP contribution in [0.3, 0.4) is 0 Å². The van der Waals surface area contributed by atoms with Crippen LogP contribution in [-0.4, -0.2) is 60.9 Å². The van der Waals surface area contributed by atoms with Gasteiger partial charge >= 0.3 is 6.18 Å². The highest BCUT2D eigenvalue weighted by atomic mass is 19.4. The van der Waals surface area contributed by atoms with Crippen LogP contribution in [0.4, 0.5) is 13.2 Å². The minimum absolute atomic E-state index is 0.215. The summed E-state index contributed by atoms with van der Waals surface area (Å²) in [6.45, 7) is 3.06. The van der Waals surface area contributed by atoms with Crippen molar-refractivity contribution in [1.29, 1.82) is 0 Å². The molecule has 0 aliphatic carbocycles. The average molecular weight is 490 g/mol. The second-order valence-electron chi connectivity index (χ2n) is 8.70. The molecule has 35 heavy (non-hydrogen) atoms. The number of likely N-dealkylation sites (tertiary alicyclic amines) is 1. The number of aliphatic hydroxyl groups excluding tert-OH is 1. The summed E-state index contributed by atoms with van der Waals surface area (Å²) in [6, 6.07) is 12.7. The van der Waals surface area contributed by atoms with Crippen molar-refractivity contribution >= 4 is 10.9 Å². The number of ether oxygens (including phenoxy) is 2. The number of aliphatic hydroxyl groups is 1. The zero-order valence-corrected chi connectivity index (χ0v) is 19.6. The maximum atomic E-state index is 12.8. The van der Waals surface area contributed by atoms with E-state index in [1.54, 1.807) is 13.3 Å². The summed E-state index contributed by atoms with van der Waals surface area (Å²) < 4.78 is 49.2. The molecule has 0 radical (unpaired) electrons. The number of β-amino-alcohol motifs (C(OH)–C–C–N with tert-alkyl or cyclic N) is 1. The first-order chi connectivity index (χ1) is 16.8. The van der Waals surface area contributed by atoms with E-state index in [9.17, 15) is 18.3 Å². The molecular formula is C26H30F3N3O3. The number of aromatic nitrogens is 1. The zero-order chi connectivity index (χ0) is 24.8. The molecule has 1 fully saturated rings. The lowest BCUT2D eigenvalue weighted by molar-refractivity contribution is -0.137. The topological polar surface area (TPSA) is 66.9 Å². The Morgan fingerprint density at radius 3 is 2.66 bits per heavy atom. The minimum atomic E-state index is -4.38. The van der Waals surface area contributed by atoms with E-state index in [0.717, 1.165) is 60.3 Å². The number of piperidine rings is 1. The molecule has 0 amide bonds. The molecule has 1 aromatic heterocycles. The first-order valence-corrected chi connectivity index (χ1v) is 11.7. The third-order valence-corrected chi connectivity index (χ3v) is 6.33. The Bertz CT molecular complexity index is 1120. The fraction of sp³-hybridized carbons (Fsp3) is 0.423. The molecule has 1 aliphatic heterocycles. The smallest absolute Gasteiger partial charge is 0.416 e. The van der Waals surface area contributed by atoms with Gasteiger partial charge < -0.3 is 24.8 Å². The number of hydrogen-bond acceptors (Lipinski definition) is 6. The quantitative estimate of drug-likeness (QED) is 0.434. The van der Waals surface area contributed by atoms with Crippen molar-refractivity contribution in [2.75, 3.05) is 39.9 Å². The van der Waals surface area contributed by atoms with Crippen LogP contribution in [0.15, 0.2) is 54.7 Å². The molecule has 0 spiro atoms. The summed E-state index contributed by atoms with van der Waals surface area (Å²) in [5.74, 6) is 0.939. The monoisotopic (exact) mass is 489 g/mol. The van der Waals surface area contributed by atoms with Gasteiger partial charge in [-0.2, -0.15) is 13.2 Å². The third kappa shape index (κ3) is 6.62. The van der Waals surface area contributed by atoms with Crippen LogP contribution in [0.25, 0.3) is 10.9 Å². The maximum Gasteiger partial charge on any atom is 0.416 e.